The van der Waals surface area contributed by atoms with E-state index in [2.05, 4.69) is 11.9 Å². The molecule has 0 aliphatic carbocycles. The molecule has 0 spiro atoms. The third kappa shape index (κ3) is 3.68. The van der Waals surface area contributed by atoms with Crippen molar-refractivity contribution in [3.05, 3.63) is 24.4 Å². The largest absolute Gasteiger partial charge is 0.496 e. The van der Waals surface area contributed by atoms with Crippen molar-refractivity contribution in [2.45, 2.75) is 6.92 Å². The number of ether oxygens (including phenoxy) is 2. The van der Waals surface area contributed by atoms with Gasteiger partial charge in [0.1, 0.15) is 11.5 Å². The molecule has 0 atom stereocenters. The van der Waals surface area contributed by atoms with Crippen molar-refractivity contribution >= 4 is 0 Å². The summed E-state index contributed by atoms with van der Waals surface area (Å²) >= 11 is 0. The standard InChI is InChI=1S/C8H15NO2/c1-5-11-7(2)8(10-4)6-9-3/h5,9H,1,6H2,2-4H3/b8-7+. The van der Waals surface area contributed by atoms with Crippen LogP contribution < -0.4 is 5.32 Å². The lowest BCUT2D eigenvalue weighted by Gasteiger charge is -2.08. The van der Waals surface area contributed by atoms with Crippen molar-refractivity contribution in [3.63, 3.8) is 0 Å². The Kier molecular flexibility index (Phi) is 5.29. The van der Waals surface area contributed by atoms with Crippen molar-refractivity contribution in [1.29, 1.82) is 0 Å². The van der Waals surface area contributed by atoms with Gasteiger partial charge >= 0.3 is 0 Å². The fourth-order valence-electron chi connectivity index (χ4n) is 0.692. The Morgan fingerprint density at radius 3 is 2.64 bits per heavy atom. The van der Waals surface area contributed by atoms with Crippen LogP contribution in [-0.4, -0.2) is 20.7 Å². The van der Waals surface area contributed by atoms with E-state index in [0.717, 1.165) is 11.5 Å². The molecule has 0 bridgehead atoms. The van der Waals surface area contributed by atoms with Crippen molar-refractivity contribution in [2.75, 3.05) is 20.7 Å². The lowest BCUT2D eigenvalue weighted by molar-refractivity contribution is 0.236. The second-order valence-corrected chi connectivity index (χ2v) is 2.00. The summed E-state index contributed by atoms with van der Waals surface area (Å²) in [6, 6.07) is 0. The molecule has 11 heavy (non-hydrogen) atoms. The van der Waals surface area contributed by atoms with E-state index in [0.29, 0.717) is 6.54 Å². The second-order valence-electron chi connectivity index (χ2n) is 2.00. The number of rotatable bonds is 5. The molecule has 0 amide bonds. The Balaban J connectivity index is 4.13. The first kappa shape index (κ1) is 10.0. The fraction of sp³-hybridized carbons (Fsp3) is 0.500. The highest BCUT2D eigenvalue weighted by Gasteiger charge is 2.00. The minimum Gasteiger partial charge on any atom is -0.496 e. The van der Waals surface area contributed by atoms with Gasteiger partial charge in [-0.15, -0.1) is 0 Å². The summed E-state index contributed by atoms with van der Waals surface area (Å²) in [5.74, 6) is 1.52. The number of nitrogens with one attached hydrogen (secondary N) is 1. The van der Waals surface area contributed by atoms with Crippen molar-refractivity contribution < 1.29 is 9.47 Å². The molecule has 64 valence electrons. The van der Waals surface area contributed by atoms with Crippen LogP contribution in [0.15, 0.2) is 24.4 Å². The first-order valence-corrected chi connectivity index (χ1v) is 3.42. The lowest BCUT2D eigenvalue weighted by atomic mass is 10.4. The molecular weight excluding hydrogens is 142 g/mol. The number of methoxy groups -OCH3 is 1. The average molecular weight is 157 g/mol. The maximum Gasteiger partial charge on any atom is 0.147 e. The van der Waals surface area contributed by atoms with Crippen molar-refractivity contribution in [2.24, 2.45) is 0 Å². The summed E-state index contributed by atoms with van der Waals surface area (Å²) in [6.07, 6.45) is 1.38. The summed E-state index contributed by atoms with van der Waals surface area (Å²) < 4.78 is 10.1. The van der Waals surface area contributed by atoms with Crippen LogP contribution >= 0.6 is 0 Å². The number of hydrogen-bond acceptors (Lipinski definition) is 3. The fourth-order valence-corrected chi connectivity index (χ4v) is 0.692. The van der Waals surface area contributed by atoms with Crippen LogP contribution in [0, 0.1) is 0 Å². The predicted octanol–water partition coefficient (Wildman–Crippen LogP) is 1.24. The SMILES string of the molecule is C=CO/C(C)=C(\CNC)OC. The molecular formula is C8H15NO2. The van der Waals surface area contributed by atoms with Gasteiger partial charge in [0, 0.05) is 0 Å². The average Bonchev–Trinajstić information content (AvgIpc) is 2.00. The maximum atomic E-state index is 5.05. The molecule has 0 aliphatic heterocycles. The minimum absolute atomic E-state index is 0.663. The van der Waals surface area contributed by atoms with Crippen LogP contribution in [0.3, 0.4) is 0 Å². The molecule has 1 N–H and O–H groups in total. The zero-order valence-corrected chi connectivity index (χ0v) is 7.31. The van der Waals surface area contributed by atoms with Crippen LogP contribution in [0.1, 0.15) is 6.92 Å². The van der Waals surface area contributed by atoms with Gasteiger partial charge in [-0.05, 0) is 14.0 Å². The molecule has 0 saturated heterocycles. The van der Waals surface area contributed by atoms with Crippen LogP contribution in [0.25, 0.3) is 0 Å². The quantitative estimate of drug-likeness (QED) is 0.609. The van der Waals surface area contributed by atoms with Gasteiger partial charge in [-0.1, -0.05) is 6.58 Å². The van der Waals surface area contributed by atoms with Crippen LogP contribution in [0.4, 0.5) is 0 Å². The molecule has 0 unspecified atom stereocenters. The Morgan fingerprint density at radius 1 is 1.64 bits per heavy atom. The van der Waals surface area contributed by atoms with E-state index in [4.69, 9.17) is 9.47 Å². The van der Waals surface area contributed by atoms with Crippen molar-refractivity contribution in [3.8, 4) is 0 Å². The van der Waals surface area contributed by atoms with Gasteiger partial charge in [-0.3, -0.25) is 0 Å². The monoisotopic (exact) mass is 157 g/mol. The molecule has 0 aromatic carbocycles. The third-order valence-corrected chi connectivity index (χ3v) is 1.24. The smallest absolute Gasteiger partial charge is 0.147 e. The second kappa shape index (κ2) is 5.80. The summed E-state index contributed by atoms with van der Waals surface area (Å²) in [5.41, 5.74) is 0. The first-order chi connectivity index (χ1) is 5.26. The van der Waals surface area contributed by atoms with Gasteiger partial charge in [-0.25, -0.2) is 0 Å². The summed E-state index contributed by atoms with van der Waals surface area (Å²) in [4.78, 5) is 0. The number of allylic oxidation sites excluding steroid dienone is 1. The van der Waals surface area contributed by atoms with Gasteiger partial charge in [0.2, 0.25) is 0 Å². The van der Waals surface area contributed by atoms with E-state index in [1.165, 1.54) is 6.26 Å². The summed E-state index contributed by atoms with van der Waals surface area (Å²) in [5, 5.41) is 2.96. The van der Waals surface area contributed by atoms with Gasteiger partial charge in [0.25, 0.3) is 0 Å². The van der Waals surface area contributed by atoms with E-state index >= 15 is 0 Å². The van der Waals surface area contributed by atoms with Gasteiger partial charge in [0.05, 0.1) is 19.9 Å². The van der Waals surface area contributed by atoms with E-state index in [1.807, 2.05) is 14.0 Å². The molecule has 0 heterocycles. The normalized spacial score (nSPS) is 11.9. The van der Waals surface area contributed by atoms with Gasteiger partial charge < -0.3 is 14.8 Å². The molecule has 0 aliphatic rings. The van der Waals surface area contributed by atoms with Gasteiger partial charge in [0.15, 0.2) is 0 Å². The predicted molar refractivity (Wildman–Crippen MR) is 44.9 cm³/mol. The lowest BCUT2D eigenvalue weighted by Crippen LogP contribution is -2.13. The van der Waals surface area contributed by atoms with Crippen LogP contribution in [0.5, 0.6) is 0 Å². The molecule has 0 radical (unpaired) electrons. The maximum absolute atomic E-state index is 5.05. The molecule has 3 nitrogen and oxygen atoms in total. The number of likely N-dealkylation sites (N-methyl/N-ethyl adjacent to an activating group) is 1. The van der Waals surface area contributed by atoms with E-state index in [1.54, 1.807) is 7.11 Å². The van der Waals surface area contributed by atoms with Crippen LogP contribution in [-0.2, 0) is 9.47 Å². The molecule has 0 aromatic heterocycles. The molecule has 0 rings (SSSR count). The van der Waals surface area contributed by atoms with Gasteiger partial charge in [-0.2, -0.15) is 0 Å². The topological polar surface area (TPSA) is 30.5 Å². The van der Waals surface area contributed by atoms with E-state index < -0.39 is 0 Å². The highest BCUT2D eigenvalue weighted by Crippen LogP contribution is 2.04. The summed E-state index contributed by atoms with van der Waals surface area (Å²) in [6.45, 7) is 5.94. The van der Waals surface area contributed by atoms with Crippen molar-refractivity contribution in [1.82, 2.24) is 5.32 Å². The Hall–Kier alpha value is -0.960. The first-order valence-electron chi connectivity index (χ1n) is 3.42. The highest BCUT2D eigenvalue weighted by molar-refractivity contribution is 5.01. The Morgan fingerprint density at radius 2 is 2.27 bits per heavy atom. The minimum atomic E-state index is 0.663. The number of hydrogen-bond donors (Lipinski definition) is 1. The molecule has 0 fully saturated rings. The Labute approximate surface area is 67.7 Å². The Bertz CT molecular complexity index is 152. The molecule has 0 saturated carbocycles. The van der Waals surface area contributed by atoms with E-state index in [9.17, 15) is 0 Å². The van der Waals surface area contributed by atoms with Crippen LogP contribution in [0.2, 0.25) is 0 Å². The van der Waals surface area contributed by atoms with E-state index in [-0.39, 0.29) is 0 Å². The zero-order valence-electron chi connectivity index (χ0n) is 7.31. The zero-order chi connectivity index (χ0) is 8.69. The molecule has 0 aromatic rings. The summed E-state index contributed by atoms with van der Waals surface area (Å²) in [7, 11) is 3.46. The highest BCUT2D eigenvalue weighted by atomic mass is 16.5. The third-order valence-electron chi connectivity index (χ3n) is 1.24. The molecule has 3 heteroatoms.